The fourth-order valence-corrected chi connectivity index (χ4v) is 12.8. The van der Waals surface area contributed by atoms with Crippen molar-refractivity contribution in [3.63, 3.8) is 0 Å². The van der Waals surface area contributed by atoms with Crippen molar-refractivity contribution >= 4 is 40.3 Å². The number of aromatic nitrogens is 2. The maximum atomic E-state index is 13.9. The Morgan fingerprint density at radius 1 is 0.938 bits per heavy atom. The van der Waals surface area contributed by atoms with Gasteiger partial charge in [-0.15, -0.1) is 0 Å². The molecule has 4 aliphatic rings. The predicted octanol–water partition coefficient (Wildman–Crippen LogP) is 10.8. The number of phenols is 1. The van der Waals surface area contributed by atoms with E-state index >= 15 is 0 Å². The highest BCUT2D eigenvalue weighted by atomic mass is 16.6. The Hall–Kier alpha value is -5.01. The average molecular weight is 884 g/mol. The number of anilines is 1. The second kappa shape index (κ2) is 20.0. The summed E-state index contributed by atoms with van der Waals surface area (Å²) in [6.45, 7) is 12.7. The number of non-ortho nitro benzene ring substituents is 1. The van der Waals surface area contributed by atoms with Gasteiger partial charge in [0.1, 0.15) is 11.9 Å². The zero-order chi connectivity index (χ0) is 45.8. The number of phenolic OH excluding ortho intramolecular Hbond substituents is 1. The molecule has 0 radical (unpaired) electrons. The van der Waals surface area contributed by atoms with E-state index in [9.17, 15) is 34.7 Å². The lowest BCUT2D eigenvalue weighted by molar-refractivity contribution is -0.383. The summed E-state index contributed by atoms with van der Waals surface area (Å²) in [6.07, 6.45) is 15.3. The summed E-state index contributed by atoms with van der Waals surface area (Å²) in [5.74, 6) is 2.01. The van der Waals surface area contributed by atoms with Crippen molar-refractivity contribution < 1.29 is 38.9 Å². The van der Waals surface area contributed by atoms with Crippen LogP contribution in [0.4, 0.5) is 16.2 Å². The first-order valence-electron chi connectivity index (χ1n) is 23.9. The third-order valence-electron chi connectivity index (χ3n) is 16.3. The Kier molecular flexibility index (Phi) is 14.7. The second-order valence-electron chi connectivity index (χ2n) is 20.6. The summed E-state index contributed by atoms with van der Waals surface area (Å²) < 4.78 is 10.8. The van der Waals surface area contributed by atoms with Gasteiger partial charge in [-0.05, 0) is 145 Å². The zero-order valence-electron chi connectivity index (χ0n) is 38.4. The first-order valence-corrected chi connectivity index (χ1v) is 23.9. The molecule has 14 heteroatoms. The zero-order valence-corrected chi connectivity index (χ0v) is 38.4. The maximum absolute atomic E-state index is 13.9. The van der Waals surface area contributed by atoms with E-state index < -0.39 is 34.7 Å². The Morgan fingerprint density at radius 2 is 1.70 bits per heavy atom. The van der Waals surface area contributed by atoms with E-state index in [1.165, 1.54) is 74.8 Å². The molecule has 1 heterocycles. The summed E-state index contributed by atoms with van der Waals surface area (Å²) >= 11 is 0. The van der Waals surface area contributed by atoms with E-state index in [4.69, 9.17) is 9.37 Å². The first kappa shape index (κ1) is 47.0. The number of amides is 1. The van der Waals surface area contributed by atoms with Gasteiger partial charge in [-0.3, -0.25) is 19.7 Å². The van der Waals surface area contributed by atoms with Gasteiger partial charge in [-0.25, -0.2) is 9.42 Å². The number of hydrogen-bond acceptors (Lipinski definition) is 11. The van der Waals surface area contributed by atoms with Crippen LogP contribution in [-0.4, -0.2) is 62.0 Å². The third-order valence-corrected chi connectivity index (χ3v) is 16.3. The van der Waals surface area contributed by atoms with Gasteiger partial charge in [0.15, 0.2) is 11.3 Å². The summed E-state index contributed by atoms with van der Waals surface area (Å²) in [7, 11) is 0. The van der Waals surface area contributed by atoms with Crippen LogP contribution in [0.2, 0.25) is 0 Å². The number of Topliss-reactive ketones (excluding diaryl/α,β-unsaturated/α-hetero) is 1. The lowest BCUT2D eigenvalue weighted by Crippen LogP contribution is -2.51. The van der Waals surface area contributed by atoms with Crippen LogP contribution < -0.4 is 10.6 Å². The van der Waals surface area contributed by atoms with E-state index in [1.54, 1.807) is 12.1 Å². The third kappa shape index (κ3) is 10.3. The number of benzene rings is 2. The molecule has 0 aliphatic heterocycles. The van der Waals surface area contributed by atoms with Gasteiger partial charge in [-0.2, -0.15) is 0 Å². The number of rotatable bonds is 20. The van der Waals surface area contributed by atoms with Crippen molar-refractivity contribution in [2.45, 2.75) is 149 Å². The molecule has 3 saturated carbocycles. The number of allylic oxidation sites excluding steroid dienone is 1. The number of fused-ring (bicyclic) bond motifs is 6. The summed E-state index contributed by atoms with van der Waals surface area (Å²) in [5.41, 5.74) is 3.14. The average Bonchev–Trinajstić information content (AvgIpc) is 3.89. The minimum absolute atomic E-state index is 0.0291. The number of nitrogens with zero attached hydrogens (tertiary/aromatic N) is 3. The highest BCUT2D eigenvalue weighted by molar-refractivity contribution is 5.93. The van der Waals surface area contributed by atoms with Gasteiger partial charge >= 0.3 is 17.7 Å². The number of nitro benzene ring substituents is 1. The molecule has 64 heavy (non-hydrogen) atoms. The number of ketones is 1. The minimum atomic E-state index is -1.10. The van der Waals surface area contributed by atoms with E-state index in [0.717, 1.165) is 42.9 Å². The van der Waals surface area contributed by atoms with Crippen molar-refractivity contribution in [1.82, 2.24) is 15.6 Å². The number of carboxylic acids is 1. The number of nitrogens with one attached hydrogen (secondary N) is 2. The molecule has 4 aliphatic carbocycles. The SMILES string of the molecule is CC(C)CCC[C@@H](C)C1CC[C@H]2[C@@H]3CC=C4CC(OC(=O)NC(Cc5ccc(O)cc5)C(=O)C[C@H](CCCCNc5ccc([N+](=O)[O-])c6nonc56)C(=O)O)CC[C@]4(C)[C@H]3CC[C@]12C. The molecule has 4 N–H and O–H groups in total. The van der Waals surface area contributed by atoms with Crippen LogP contribution in [0.15, 0.2) is 52.7 Å². The molecule has 3 fully saturated rings. The number of carbonyl (C=O) groups is 3. The quantitative estimate of drug-likeness (QED) is 0.0362. The second-order valence-corrected chi connectivity index (χ2v) is 20.6. The Labute approximate surface area is 376 Å². The fraction of sp³-hybridized carbons (Fsp3) is 0.660. The van der Waals surface area contributed by atoms with Crippen LogP contribution in [0.1, 0.15) is 136 Å². The number of ether oxygens (including phenoxy) is 1. The van der Waals surface area contributed by atoms with Crippen molar-refractivity contribution in [2.75, 3.05) is 11.9 Å². The number of nitro groups is 1. The molecule has 14 nitrogen and oxygen atoms in total. The number of hydrogen-bond donors (Lipinski definition) is 4. The van der Waals surface area contributed by atoms with E-state index in [1.807, 2.05) is 0 Å². The van der Waals surface area contributed by atoms with Crippen LogP contribution in [0.25, 0.3) is 11.0 Å². The van der Waals surface area contributed by atoms with Crippen LogP contribution in [0, 0.1) is 62.4 Å². The highest BCUT2D eigenvalue weighted by Crippen LogP contribution is 2.67. The molecular weight excluding hydrogens is 815 g/mol. The van der Waals surface area contributed by atoms with Crippen molar-refractivity contribution in [3.8, 4) is 5.75 Å². The van der Waals surface area contributed by atoms with Gasteiger partial charge in [0, 0.05) is 25.5 Å². The first-order chi connectivity index (χ1) is 30.6. The van der Waals surface area contributed by atoms with Crippen molar-refractivity contribution in [2.24, 2.45) is 52.3 Å². The molecule has 0 spiro atoms. The lowest BCUT2D eigenvalue weighted by Gasteiger charge is -2.58. The Bertz CT molecular complexity index is 2170. The lowest BCUT2D eigenvalue weighted by atomic mass is 9.47. The Balaban J connectivity index is 0.937. The molecule has 348 valence electrons. The molecule has 0 bridgehead atoms. The van der Waals surface area contributed by atoms with Gasteiger partial charge in [-0.1, -0.05) is 84.1 Å². The van der Waals surface area contributed by atoms with Gasteiger partial charge in [0.25, 0.3) is 0 Å². The molecule has 2 aromatic carbocycles. The Morgan fingerprint density at radius 3 is 2.44 bits per heavy atom. The number of aromatic hydroxyl groups is 1. The smallest absolute Gasteiger partial charge is 0.408 e. The predicted molar refractivity (Wildman–Crippen MR) is 244 cm³/mol. The van der Waals surface area contributed by atoms with Crippen molar-refractivity contribution in [1.29, 1.82) is 0 Å². The molecule has 1 aromatic heterocycles. The monoisotopic (exact) mass is 884 g/mol. The summed E-state index contributed by atoms with van der Waals surface area (Å²) in [4.78, 5) is 50.8. The number of carboxylic acid groups (broad SMARTS) is 1. The number of unbranched alkanes of at least 4 members (excludes halogenated alkanes) is 1. The fourth-order valence-electron chi connectivity index (χ4n) is 12.8. The van der Waals surface area contributed by atoms with Crippen LogP contribution in [0.3, 0.4) is 0 Å². The molecule has 10 atom stereocenters. The van der Waals surface area contributed by atoms with Crippen LogP contribution >= 0.6 is 0 Å². The number of carbonyl (C=O) groups excluding carboxylic acids is 2. The summed E-state index contributed by atoms with van der Waals surface area (Å²) in [5, 5.41) is 44.8. The molecule has 7 rings (SSSR count). The number of aliphatic carboxylic acids is 1. The molecule has 0 saturated heterocycles. The standard InChI is InChI=1S/C50H69N5O9/c1-30(2)9-8-10-31(3)38-18-19-39-37-17-14-34-29-36(22-24-49(34,4)40(37)23-25-50(38,39)5)63-48(60)52-42(27-32-12-15-35(56)16-13-32)44(57)28-33(47(58)59)11-6-7-26-51-41-20-21-43(55(61)62)46-45(41)53-64-54-46/h12-16,20-21,30-31,33,36-40,42,51,56H,6-11,17-19,22-29H2,1-5H3,(H,52,60)(H,58,59)/t31-,33+,36?,37+,38?,39+,40+,42?,49+,50-/m1/s1. The van der Waals surface area contributed by atoms with E-state index in [-0.39, 0.29) is 53.3 Å². The maximum Gasteiger partial charge on any atom is 0.408 e. The van der Waals surface area contributed by atoms with Gasteiger partial charge in [0.05, 0.1) is 22.6 Å². The topological polar surface area (TPSA) is 207 Å². The normalized spacial score (nSPS) is 27.7. The summed E-state index contributed by atoms with van der Waals surface area (Å²) in [6, 6.07) is 8.19. The van der Waals surface area contributed by atoms with Crippen LogP contribution in [0.5, 0.6) is 5.75 Å². The minimum Gasteiger partial charge on any atom is -0.508 e. The molecule has 3 unspecified atom stereocenters. The van der Waals surface area contributed by atoms with Gasteiger partial charge in [0.2, 0.25) is 5.52 Å². The van der Waals surface area contributed by atoms with Crippen LogP contribution in [-0.2, 0) is 20.7 Å². The molecule has 3 aromatic rings. The largest absolute Gasteiger partial charge is 0.508 e. The van der Waals surface area contributed by atoms with E-state index in [0.29, 0.717) is 54.3 Å². The molecule has 1 amide bonds. The van der Waals surface area contributed by atoms with Gasteiger partial charge < -0.3 is 25.6 Å². The number of alkyl carbamates (subject to hydrolysis) is 1. The molecular formula is C50H69N5O9. The highest BCUT2D eigenvalue weighted by Gasteiger charge is 2.59. The van der Waals surface area contributed by atoms with E-state index in [2.05, 4.69) is 61.6 Å². The van der Waals surface area contributed by atoms with Crippen molar-refractivity contribution in [3.05, 3.63) is 63.7 Å².